The minimum absolute atomic E-state index is 0.227. The van der Waals surface area contributed by atoms with Gasteiger partial charge in [0.2, 0.25) is 15.9 Å². The maximum Gasteiger partial charge on any atom is 0.243 e. The van der Waals surface area contributed by atoms with Crippen molar-refractivity contribution < 1.29 is 17.9 Å². The number of carbonyl (C=O) groups excluding carboxylic acids is 1. The van der Waals surface area contributed by atoms with Crippen LogP contribution in [-0.2, 0) is 32.6 Å². The predicted molar refractivity (Wildman–Crippen MR) is 118 cm³/mol. The van der Waals surface area contributed by atoms with Gasteiger partial charge in [0.1, 0.15) is 6.04 Å². The third-order valence-electron chi connectivity index (χ3n) is 5.86. The molecule has 31 heavy (non-hydrogen) atoms. The highest BCUT2D eigenvalue weighted by Crippen LogP contribution is 2.26. The van der Waals surface area contributed by atoms with Gasteiger partial charge in [0.15, 0.2) is 0 Å². The summed E-state index contributed by atoms with van der Waals surface area (Å²) in [5.41, 5.74) is 2.22. The fourth-order valence-electron chi connectivity index (χ4n) is 4.10. The molecule has 4 rings (SSSR count). The highest BCUT2D eigenvalue weighted by Gasteiger charge is 2.39. The van der Waals surface area contributed by atoms with Crippen molar-refractivity contribution in [1.29, 1.82) is 0 Å². The molecule has 7 nitrogen and oxygen atoms in total. The van der Waals surface area contributed by atoms with Gasteiger partial charge in [0.25, 0.3) is 0 Å². The van der Waals surface area contributed by atoms with Crippen molar-refractivity contribution in [2.24, 2.45) is 0 Å². The summed E-state index contributed by atoms with van der Waals surface area (Å²) in [5.74, 6) is -0.241. The van der Waals surface area contributed by atoms with E-state index in [0.29, 0.717) is 25.9 Å². The number of hydrogen-bond acceptors (Lipinski definition) is 5. The number of sulfonamides is 1. The van der Waals surface area contributed by atoms with Gasteiger partial charge < -0.3 is 10.1 Å². The summed E-state index contributed by atoms with van der Waals surface area (Å²) in [6.45, 7) is 5.09. The van der Waals surface area contributed by atoms with E-state index in [0.717, 1.165) is 38.4 Å². The summed E-state index contributed by atoms with van der Waals surface area (Å²) < 4.78 is 32.6. The summed E-state index contributed by atoms with van der Waals surface area (Å²) in [6.07, 6.45) is 1.22. The molecule has 0 saturated carbocycles. The van der Waals surface area contributed by atoms with E-state index < -0.39 is 16.1 Å². The van der Waals surface area contributed by atoms with E-state index in [-0.39, 0.29) is 10.8 Å². The Kier molecular flexibility index (Phi) is 7.02. The number of nitrogens with zero attached hydrogens (tertiary/aromatic N) is 2. The predicted octanol–water partition coefficient (Wildman–Crippen LogP) is 1.99. The number of hydrogen-bond donors (Lipinski definition) is 1. The monoisotopic (exact) mass is 443 g/mol. The van der Waals surface area contributed by atoms with Crippen molar-refractivity contribution in [1.82, 2.24) is 14.5 Å². The van der Waals surface area contributed by atoms with E-state index in [1.165, 1.54) is 9.87 Å². The maximum absolute atomic E-state index is 13.0. The lowest BCUT2D eigenvalue weighted by Crippen LogP contribution is -2.45. The highest BCUT2D eigenvalue weighted by atomic mass is 32.2. The molecule has 0 radical (unpaired) electrons. The van der Waals surface area contributed by atoms with Gasteiger partial charge in [-0.05, 0) is 36.1 Å². The van der Waals surface area contributed by atoms with E-state index in [1.54, 1.807) is 30.3 Å². The number of rotatable bonds is 7. The molecular formula is C23H29N3O4S. The summed E-state index contributed by atoms with van der Waals surface area (Å²) in [7, 11) is -3.68. The Bertz CT molecular complexity index is 974. The first-order valence-corrected chi connectivity index (χ1v) is 12.2. The van der Waals surface area contributed by atoms with Crippen molar-refractivity contribution in [3.63, 3.8) is 0 Å². The Morgan fingerprint density at radius 2 is 1.65 bits per heavy atom. The molecule has 1 unspecified atom stereocenters. The molecule has 2 aromatic rings. The average molecular weight is 444 g/mol. The fraction of sp³-hybridized carbons (Fsp3) is 0.435. The molecule has 1 amide bonds. The largest absolute Gasteiger partial charge is 0.379 e. The van der Waals surface area contributed by atoms with Crippen molar-refractivity contribution in [2.45, 2.75) is 36.9 Å². The standard InChI is InChI=1S/C23H29N3O4S/c27-23(22-7-4-12-26(22)31(28,29)21-5-2-1-3-6-21)24-17-19-8-10-20(11-9-19)18-25-13-15-30-16-14-25/h1-3,5-6,8-11,22H,4,7,12-18H2,(H,24,27). The van der Waals surface area contributed by atoms with Crippen LogP contribution in [-0.4, -0.2) is 62.4 Å². The van der Waals surface area contributed by atoms with Crippen LogP contribution in [0.2, 0.25) is 0 Å². The van der Waals surface area contributed by atoms with Crippen LogP contribution in [0.25, 0.3) is 0 Å². The number of nitrogens with one attached hydrogen (secondary N) is 1. The van der Waals surface area contributed by atoms with Crippen LogP contribution in [0.1, 0.15) is 24.0 Å². The van der Waals surface area contributed by atoms with Crippen LogP contribution in [0.5, 0.6) is 0 Å². The van der Waals surface area contributed by atoms with Crippen LogP contribution >= 0.6 is 0 Å². The SMILES string of the molecule is O=C(NCc1ccc(CN2CCOCC2)cc1)C1CCCN1S(=O)(=O)c1ccccc1. The molecule has 8 heteroatoms. The lowest BCUT2D eigenvalue weighted by atomic mass is 10.1. The number of benzene rings is 2. The minimum atomic E-state index is -3.68. The number of ether oxygens (including phenoxy) is 1. The van der Waals surface area contributed by atoms with Crippen molar-refractivity contribution in [3.8, 4) is 0 Å². The summed E-state index contributed by atoms with van der Waals surface area (Å²) >= 11 is 0. The van der Waals surface area contributed by atoms with Gasteiger partial charge >= 0.3 is 0 Å². The first-order valence-electron chi connectivity index (χ1n) is 10.8. The first kappa shape index (κ1) is 22.0. The van der Waals surface area contributed by atoms with Crippen LogP contribution in [0.4, 0.5) is 0 Å². The normalized spacial score (nSPS) is 20.6. The van der Waals surface area contributed by atoms with Gasteiger partial charge in [-0.2, -0.15) is 4.31 Å². The zero-order chi connectivity index (χ0) is 21.7. The third-order valence-corrected chi connectivity index (χ3v) is 7.78. The topological polar surface area (TPSA) is 79.0 Å². The lowest BCUT2D eigenvalue weighted by molar-refractivity contribution is -0.124. The number of amides is 1. The molecule has 2 aliphatic heterocycles. The molecule has 2 aromatic carbocycles. The molecule has 2 aliphatic rings. The van der Waals surface area contributed by atoms with E-state index in [2.05, 4.69) is 22.3 Å². The Balaban J connectivity index is 1.33. The van der Waals surface area contributed by atoms with E-state index in [1.807, 2.05) is 12.1 Å². The van der Waals surface area contributed by atoms with Gasteiger partial charge in [0, 0.05) is 32.7 Å². The minimum Gasteiger partial charge on any atom is -0.379 e. The second-order valence-electron chi connectivity index (χ2n) is 8.01. The molecule has 2 saturated heterocycles. The van der Waals surface area contributed by atoms with Crippen molar-refractivity contribution in [3.05, 3.63) is 65.7 Å². The van der Waals surface area contributed by atoms with E-state index in [9.17, 15) is 13.2 Å². The molecule has 2 heterocycles. The van der Waals surface area contributed by atoms with E-state index >= 15 is 0 Å². The fourth-order valence-corrected chi connectivity index (χ4v) is 5.78. The van der Waals surface area contributed by atoms with Gasteiger partial charge in [-0.1, -0.05) is 42.5 Å². The Morgan fingerprint density at radius 1 is 0.968 bits per heavy atom. The first-order chi connectivity index (χ1) is 15.0. The van der Waals surface area contributed by atoms with Crippen LogP contribution in [0, 0.1) is 0 Å². The maximum atomic E-state index is 13.0. The Labute approximate surface area is 184 Å². The van der Waals surface area contributed by atoms with Gasteiger partial charge in [0.05, 0.1) is 18.1 Å². The molecule has 0 aromatic heterocycles. The second-order valence-corrected chi connectivity index (χ2v) is 9.90. The smallest absolute Gasteiger partial charge is 0.243 e. The number of morpholine rings is 1. The molecule has 1 N–H and O–H groups in total. The van der Waals surface area contributed by atoms with Crippen LogP contribution in [0.15, 0.2) is 59.5 Å². The van der Waals surface area contributed by atoms with Gasteiger partial charge in [-0.15, -0.1) is 0 Å². The molecule has 0 aliphatic carbocycles. The van der Waals surface area contributed by atoms with Crippen molar-refractivity contribution in [2.75, 3.05) is 32.8 Å². The second kappa shape index (κ2) is 9.91. The van der Waals surface area contributed by atoms with Crippen LogP contribution < -0.4 is 5.32 Å². The quantitative estimate of drug-likeness (QED) is 0.708. The van der Waals surface area contributed by atoms with Crippen molar-refractivity contribution >= 4 is 15.9 Å². The molecular weight excluding hydrogens is 414 g/mol. The highest BCUT2D eigenvalue weighted by molar-refractivity contribution is 7.89. The zero-order valence-electron chi connectivity index (χ0n) is 17.6. The Hall–Kier alpha value is -2.26. The Morgan fingerprint density at radius 3 is 2.35 bits per heavy atom. The summed E-state index contributed by atoms with van der Waals surface area (Å²) in [5, 5.41) is 2.92. The molecule has 166 valence electrons. The lowest BCUT2D eigenvalue weighted by Gasteiger charge is -2.26. The summed E-state index contributed by atoms with van der Waals surface area (Å²) in [6, 6.07) is 15.8. The third kappa shape index (κ3) is 5.33. The average Bonchev–Trinajstić information content (AvgIpc) is 3.31. The van der Waals surface area contributed by atoms with Gasteiger partial charge in [-0.25, -0.2) is 8.42 Å². The molecule has 0 spiro atoms. The number of carbonyl (C=O) groups is 1. The van der Waals surface area contributed by atoms with E-state index in [4.69, 9.17) is 4.74 Å². The molecule has 1 atom stereocenters. The molecule has 2 fully saturated rings. The molecule has 0 bridgehead atoms. The zero-order valence-corrected chi connectivity index (χ0v) is 18.4. The van der Waals surface area contributed by atoms with Crippen LogP contribution in [0.3, 0.4) is 0 Å². The van der Waals surface area contributed by atoms with Gasteiger partial charge in [-0.3, -0.25) is 9.69 Å². The summed E-state index contributed by atoms with van der Waals surface area (Å²) in [4.78, 5) is 15.4.